The summed E-state index contributed by atoms with van der Waals surface area (Å²) in [7, 11) is 0. The Morgan fingerprint density at radius 1 is 1.12 bits per heavy atom. The van der Waals surface area contributed by atoms with E-state index in [-0.39, 0.29) is 5.91 Å². The van der Waals surface area contributed by atoms with Gasteiger partial charge in [0.15, 0.2) is 0 Å². The van der Waals surface area contributed by atoms with Crippen molar-refractivity contribution in [1.29, 1.82) is 0 Å². The molecule has 0 spiro atoms. The van der Waals surface area contributed by atoms with E-state index in [9.17, 15) is 4.79 Å². The number of nitrogens with zero attached hydrogens (tertiary/aromatic N) is 2. The topological polar surface area (TPSA) is 45.9 Å². The van der Waals surface area contributed by atoms with Gasteiger partial charge in [0.05, 0.1) is 12.9 Å². The summed E-state index contributed by atoms with van der Waals surface area (Å²) in [5.74, 6) is 2.01. The Labute approximate surface area is 149 Å². The number of hydrogen-bond acceptors (Lipinski definition) is 4. The molecule has 0 atom stereocenters. The summed E-state index contributed by atoms with van der Waals surface area (Å²) in [6, 6.07) is 12.1. The fraction of sp³-hybridized carbons (Fsp3) is 0.450. The Hall–Kier alpha value is -2.27. The average molecular weight is 342 g/mol. The van der Waals surface area contributed by atoms with Crippen LogP contribution in [-0.2, 0) is 17.8 Å². The maximum atomic E-state index is 12.3. The van der Waals surface area contributed by atoms with E-state index in [1.807, 2.05) is 36.1 Å². The minimum Gasteiger partial charge on any atom is -0.494 e. The third-order valence-corrected chi connectivity index (χ3v) is 4.53. The molecule has 1 amide bonds. The van der Waals surface area contributed by atoms with Crippen molar-refractivity contribution in [3.05, 3.63) is 54.0 Å². The molecule has 0 radical (unpaired) electrons. The van der Waals surface area contributed by atoms with Crippen LogP contribution in [0.2, 0.25) is 0 Å². The Kier molecular flexibility index (Phi) is 6.12. The predicted octanol–water partition coefficient (Wildman–Crippen LogP) is 2.96. The highest BCUT2D eigenvalue weighted by molar-refractivity contribution is 5.76. The van der Waals surface area contributed by atoms with Crippen molar-refractivity contribution in [3.63, 3.8) is 0 Å². The Morgan fingerprint density at radius 2 is 1.88 bits per heavy atom. The molecule has 2 aromatic rings. The van der Waals surface area contributed by atoms with Crippen molar-refractivity contribution in [2.24, 2.45) is 0 Å². The van der Waals surface area contributed by atoms with Crippen molar-refractivity contribution < 1.29 is 13.9 Å². The van der Waals surface area contributed by atoms with Crippen LogP contribution < -0.4 is 4.74 Å². The standard InChI is InChI=1S/C20H26N2O3/c1-2-24-19-7-5-17(6-8-19)16-21-11-13-22(14-12-21)20(23)10-9-18-4-3-15-25-18/h3-8,15H,2,9-14,16H2,1H3. The maximum Gasteiger partial charge on any atom is 0.223 e. The quantitative estimate of drug-likeness (QED) is 0.776. The van der Waals surface area contributed by atoms with Crippen molar-refractivity contribution in [2.45, 2.75) is 26.3 Å². The largest absolute Gasteiger partial charge is 0.494 e. The first-order valence-electron chi connectivity index (χ1n) is 8.99. The smallest absolute Gasteiger partial charge is 0.223 e. The fourth-order valence-corrected chi connectivity index (χ4v) is 3.11. The van der Waals surface area contributed by atoms with E-state index < -0.39 is 0 Å². The molecular formula is C20H26N2O3. The molecule has 0 saturated carbocycles. The lowest BCUT2D eigenvalue weighted by Gasteiger charge is -2.34. The molecule has 3 rings (SSSR count). The molecule has 0 unspecified atom stereocenters. The van der Waals surface area contributed by atoms with E-state index in [0.717, 1.165) is 44.2 Å². The van der Waals surface area contributed by atoms with E-state index in [2.05, 4.69) is 17.0 Å². The number of ether oxygens (including phenoxy) is 1. The molecular weight excluding hydrogens is 316 g/mol. The number of furan rings is 1. The van der Waals surface area contributed by atoms with Crippen LogP contribution in [0.5, 0.6) is 5.75 Å². The number of carbonyl (C=O) groups excluding carboxylic acids is 1. The predicted molar refractivity (Wildman–Crippen MR) is 96.5 cm³/mol. The monoisotopic (exact) mass is 342 g/mol. The molecule has 1 aliphatic heterocycles. The molecule has 1 aromatic heterocycles. The van der Waals surface area contributed by atoms with E-state index in [1.165, 1.54) is 5.56 Å². The lowest BCUT2D eigenvalue weighted by molar-refractivity contribution is -0.133. The van der Waals surface area contributed by atoms with Crippen LogP contribution in [0.1, 0.15) is 24.7 Å². The average Bonchev–Trinajstić information content (AvgIpc) is 3.16. The van der Waals surface area contributed by atoms with E-state index in [0.29, 0.717) is 19.4 Å². The number of aryl methyl sites for hydroxylation is 1. The van der Waals surface area contributed by atoms with Gasteiger partial charge in [0.2, 0.25) is 5.91 Å². The van der Waals surface area contributed by atoms with E-state index in [4.69, 9.17) is 9.15 Å². The van der Waals surface area contributed by atoms with Crippen molar-refractivity contribution in [3.8, 4) is 5.75 Å². The molecule has 0 N–H and O–H groups in total. The SMILES string of the molecule is CCOc1ccc(CN2CCN(C(=O)CCc3ccco3)CC2)cc1. The molecule has 134 valence electrons. The summed E-state index contributed by atoms with van der Waals surface area (Å²) in [6.45, 7) is 7.03. The molecule has 5 nitrogen and oxygen atoms in total. The second kappa shape index (κ2) is 8.72. The lowest BCUT2D eigenvalue weighted by atomic mass is 10.1. The highest BCUT2D eigenvalue weighted by Gasteiger charge is 2.21. The third-order valence-electron chi connectivity index (χ3n) is 4.53. The molecule has 0 bridgehead atoms. The molecule has 1 aliphatic rings. The van der Waals surface area contributed by atoms with Gasteiger partial charge >= 0.3 is 0 Å². The molecule has 25 heavy (non-hydrogen) atoms. The van der Waals surface area contributed by atoms with Gasteiger partial charge < -0.3 is 14.1 Å². The molecule has 1 saturated heterocycles. The summed E-state index contributed by atoms with van der Waals surface area (Å²) in [4.78, 5) is 16.7. The number of hydrogen-bond donors (Lipinski definition) is 0. The van der Waals surface area contributed by atoms with Gasteiger partial charge in [-0.15, -0.1) is 0 Å². The molecule has 5 heteroatoms. The van der Waals surface area contributed by atoms with Gasteiger partial charge in [-0.3, -0.25) is 9.69 Å². The fourth-order valence-electron chi connectivity index (χ4n) is 3.11. The Balaban J connectivity index is 1.41. The molecule has 2 heterocycles. The third kappa shape index (κ3) is 5.10. The van der Waals surface area contributed by atoms with Gasteiger partial charge in [-0.05, 0) is 36.8 Å². The summed E-state index contributed by atoms with van der Waals surface area (Å²) >= 11 is 0. The second-order valence-corrected chi connectivity index (χ2v) is 6.31. The lowest BCUT2D eigenvalue weighted by Crippen LogP contribution is -2.48. The zero-order valence-electron chi connectivity index (χ0n) is 14.8. The van der Waals surface area contributed by atoms with Crippen LogP contribution in [0, 0.1) is 0 Å². The number of rotatable bonds is 7. The van der Waals surface area contributed by atoms with E-state index in [1.54, 1.807) is 6.26 Å². The summed E-state index contributed by atoms with van der Waals surface area (Å²) in [6.07, 6.45) is 2.85. The Morgan fingerprint density at radius 3 is 2.52 bits per heavy atom. The van der Waals surface area contributed by atoms with Crippen LogP contribution in [0.4, 0.5) is 0 Å². The molecule has 0 aliphatic carbocycles. The first-order valence-corrected chi connectivity index (χ1v) is 8.99. The number of benzene rings is 1. The minimum atomic E-state index is 0.220. The first-order chi connectivity index (χ1) is 12.2. The Bertz CT molecular complexity index is 644. The van der Waals surface area contributed by atoms with Gasteiger partial charge in [0.1, 0.15) is 11.5 Å². The highest BCUT2D eigenvalue weighted by Crippen LogP contribution is 2.15. The molecule has 1 fully saturated rings. The summed E-state index contributed by atoms with van der Waals surface area (Å²) in [5, 5.41) is 0. The number of amides is 1. The molecule has 1 aromatic carbocycles. The number of piperazine rings is 1. The van der Waals surface area contributed by atoms with Crippen LogP contribution in [-0.4, -0.2) is 48.5 Å². The second-order valence-electron chi connectivity index (χ2n) is 6.31. The van der Waals surface area contributed by atoms with E-state index >= 15 is 0 Å². The van der Waals surface area contributed by atoms with Crippen LogP contribution in [0.3, 0.4) is 0 Å². The van der Waals surface area contributed by atoms with Gasteiger partial charge in [-0.25, -0.2) is 0 Å². The van der Waals surface area contributed by atoms with Crippen LogP contribution in [0.15, 0.2) is 47.1 Å². The van der Waals surface area contributed by atoms with Gasteiger partial charge in [0, 0.05) is 45.6 Å². The minimum absolute atomic E-state index is 0.220. The van der Waals surface area contributed by atoms with Crippen LogP contribution in [0.25, 0.3) is 0 Å². The van der Waals surface area contributed by atoms with Crippen molar-refractivity contribution in [2.75, 3.05) is 32.8 Å². The van der Waals surface area contributed by atoms with Gasteiger partial charge in [-0.1, -0.05) is 12.1 Å². The van der Waals surface area contributed by atoms with Gasteiger partial charge in [-0.2, -0.15) is 0 Å². The summed E-state index contributed by atoms with van der Waals surface area (Å²) in [5.41, 5.74) is 1.28. The first kappa shape index (κ1) is 17.5. The zero-order valence-corrected chi connectivity index (χ0v) is 14.8. The highest BCUT2D eigenvalue weighted by atomic mass is 16.5. The number of carbonyl (C=O) groups is 1. The zero-order chi connectivity index (χ0) is 17.5. The van der Waals surface area contributed by atoms with Crippen molar-refractivity contribution >= 4 is 5.91 Å². The van der Waals surface area contributed by atoms with Crippen LogP contribution >= 0.6 is 0 Å². The summed E-state index contributed by atoms with van der Waals surface area (Å²) < 4.78 is 10.8. The normalized spacial score (nSPS) is 15.3. The van der Waals surface area contributed by atoms with Crippen molar-refractivity contribution in [1.82, 2.24) is 9.80 Å². The maximum absolute atomic E-state index is 12.3. The van der Waals surface area contributed by atoms with Gasteiger partial charge in [0.25, 0.3) is 0 Å².